The van der Waals surface area contributed by atoms with Gasteiger partial charge in [-0.25, -0.2) is 19.6 Å². The van der Waals surface area contributed by atoms with E-state index in [-0.39, 0.29) is 18.2 Å². The van der Waals surface area contributed by atoms with Gasteiger partial charge in [-0.15, -0.1) is 11.3 Å². The molecular formula is C21H18N8OS. The van der Waals surface area contributed by atoms with Gasteiger partial charge in [0.1, 0.15) is 23.3 Å². The molecule has 0 bridgehead atoms. The van der Waals surface area contributed by atoms with Crippen LogP contribution in [0.3, 0.4) is 0 Å². The number of para-hydroxylation sites is 1. The Morgan fingerprint density at radius 1 is 1.03 bits per heavy atom. The normalized spacial score (nSPS) is 11.1. The number of hydrogen-bond donors (Lipinski definition) is 2. The minimum absolute atomic E-state index is 0.263. The van der Waals surface area contributed by atoms with Gasteiger partial charge in [0.2, 0.25) is 5.88 Å². The maximum Gasteiger partial charge on any atom is 0.227 e. The van der Waals surface area contributed by atoms with E-state index in [9.17, 15) is 0 Å². The number of aryl methyl sites for hydroxylation is 1. The number of nitrogens with zero attached hydrogens (tertiary/aromatic N) is 6. The second-order valence-electron chi connectivity index (χ2n) is 6.80. The topological polar surface area (TPSA) is 131 Å². The second kappa shape index (κ2) is 7.65. The van der Waals surface area contributed by atoms with Gasteiger partial charge in [-0.3, -0.25) is 0 Å². The summed E-state index contributed by atoms with van der Waals surface area (Å²) in [5.74, 6) is 1.23. The molecule has 0 spiro atoms. The lowest BCUT2D eigenvalue weighted by atomic mass is 10.2. The van der Waals surface area contributed by atoms with Gasteiger partial charge in [0.05, 0.1) is 16.9 Å². The van der Waals surface area contributed by atoms with Crippen LogP contribution in [-0.2, 0) is 6.61 Å². The Labute approximate surface area is 181 Å². The molecule has 0 saturated heterocycles. The number of nitrogen functional groups attached to an aromatic ring is 2. The lowest BCUT2D eigenvalue weighted by molar-refractivity contribution is 0.295. The predicted molar refractivity (Wildman–Crippen MR) is 120 cm³/mol. The average Bonchev–Trinajstić information content (AvgIpc) is 3.39. The summed E-state index contributed by atoms with van der Waals surface area (Å²) < 4.78 is 7.85. The van der Waals surface area contributed by atoms with Crippen LogP contribution < -0.4 is 16.2 Å². The monoisotopic (exact) mass is 430 g/mol. The van der Waals surface area contributed by atoms with Crippen LogP contribution in [0.2, 0.25) is 0 Å². The summed E-state index contributed by atoms with van der Waals surface area (Å²) in [6, 6.07) is 13.2. The average molecular weight is 430 g/mol. The summed E-state index contributed by atoms with van der Waals surface area (Å²) in [7, 11) is 0. The molecule has 4 heterocycles. The minimum atomic E-state index is 0.263. The van der Waals surface area contributed by atoms with Gasteiger partial charge in [0.15, 0.2) is 11.5 Å². The molecule has 0 radical (unpaired) electrons. The molecule has 5 aromatic rings. The van der Waals surface area contributed by atoms with Crippen molar-refractivity contribution in [1.82, 2.24) is 29.7 Å². The van der Waals surface area contributed by atoms with E-state index in [4.69, 9.17) is 21.2 Å². The van der Waals surface area contributed by atoms with Gasteiger partial charge >= 0.3 is 0 Å². The van der Waals surface area contributed by atoms with Gasteiger partial charge in [-0.2, -0.15) is 10.1 Å². The Morgan fingerprint density at radius 2 is 1.81 bits per heavy atom. The molecule has 0 saturated carbocycles. The van der Waals surface area contributed by atoms with Crippen molar-refractivity contribution in [3.05, 3.63) is 64.7 Å². The first-order chi connectivity index (χ1) is 15.1. The molecular weight excluding hydrogens is 412 g/mol. The highest BCUT2D eigenvalue weighted by Gasteiger charge is 2.19. The number of nitrogens with two attached hydrogens (primary N) is 2. The molecule has 154 valence electrons. The molecule has 0 aliphatic carbocycles. The number of rotatable bonds is 5. The smallest absolute Gasteiger partial charge is 0.227 e. The zero-order valence-electron chi connectivity index (χ0n) is 16.6. The molecule has 0 amide bonds. The summed E-state index contributed by atoms with van der Waals surface area (Å²) >= 11 is 1.50. The number of hydrogen-bond acceptors (Lipinski definition) is 9. The van der Waals surface area contributed by atoms with E-state index < -0.39 is 0 Å². The Kier molecular flexibility index (Phi) is 4.68. The fourth-order valence-corrected chi connectivity index (χ4v) is 3.77. The highest BCUT2D eigenvalue weighted by atomic mass is 32.1. The van der Waals surface area contributed by atoms with Gasteiger partial charge in [-0.1, -0.05) is 18.2 Å². The van der Waals surface area contributed by atoms with Crippen molar-refractivity contribution >= 4 is 34.0 Å². The molecule has 4 aromatic heterocycles. The van der Waals surface area contributed by atoms with Gasteiger partial charge in [-0.05, 0) is 25.1 Å². The third-order valence-corrected chi connectivity index (χ3v) is 5.38. The van der Waals surface area contributed by atoms with Crippen LogP contribution >= 0.6 is 11.3 Å². The van der Waals surface area contributed by atoms with Crippen LogP contribution in [-0.4, -0.2) is 29.7 Å². The Hall–Kier alpha value is -4.05. The minimum Gasteiger partial charge on any atom is -0.470 e. The van der Waals surface area contributed by atoms with Crippen molar-refractivity contribution in [1.29, 1.82) is 0 Å². The van der Waals surface area contributed by atoms with Crippen molar-refractivity contribution in [2.75, 3.05) is 11.5 Å². The predicted octanol–water partition coefficient (Wildman–Crippen LogP) is 3.39. The third-order valence-electron chi connectivity index (χ3n) is 4.63. The molecule has 9 nitrogen and oxygen atoms in total. The van der Waals surface area contributed by atoms with Crippen LogP contribution in [0, 0.1) is 6.92 Å². The lowest BCUT2D eigenvalue weighted by Gasteiger charge is -2.11. The highest BCUT2D eigenvalue weighted by molar-refractivity contribution is 7.09. The standard InChI is InChI=1S/C21H18N8OS/c1-12-14-9-15(19-25-16(22)10-17(23)26-19)21(30-11-18-24-7-8-31-18)27-20(14)29(28-12)13-5-3-2-4-6-13/h2-10H,11H2,1H3,(H4,22,23,25,26). The molecule has 0 fully saturated rings. The van der Waals surface area contributed by atoms with Crippen LogP contribution in [0.25, 0.3) is 28.1 Å². The number of fused-ring (bicyclic) bond motifs is 1. The Morgan fingerprint density at radius 3 is 2.52 bits per heavy atom. The second-order valence-corrected chi connectivity index (χ2v) is 7.78. The van der Waals surface area contributed by atoms with Crippen LogP contribution in [0.5, 0.6) is 5.88 Å². The lowest BCUT2D eigenvalue weighted by Crippen LogP contribution is -2.05. The highest BCUT2D eigenvalue weighted by Crippen LogP contribution is 2.33. The Bertz CT molecular complexity index is 1350. The molecule has 10 heteroatoms. The first kappa shape index (κ1) is 18.9. The van der Waals surface area contributed by atoms with E-state index in [0.717, 1.165) is 21.8 Å². The number of ether oxygens (including phenoxy) is 1. The third kappa shape index (κ3) is 3.64. The van der Waals surface area contributed by atoms with E-state index in [2.05, 4.69) is 20.1 Å². The zero-order valence-corrected chi connectivity index (χ0v) is 17.4. The molecule has 4 N–H and O–H groups in total. The van der Waals surface area contributed by atoms with Crippen molar-refractivity contribution < 1.29 is 4.74 Å². The van der Waals surface area contributed by atoms with Gasteiger partial charge in [0, 0.05) is 23.0 Å². The van der Waals surface area contributed by atoms with Crippen molar-refractivity contribution in [2.24, 2.45) is 0 Å². The van der Waals surface area contributed by atoms with Crippen LogP contribution in [0.15, 0.2) is 54.0 Å². The fraction of sp³-hybridized carbons (Fsp3) is 0.0952. The fourth-order valence-electron chi connectivity index (χ4n) is 3.25. The van der Waals surface area contributed by atoms with E-state index in [0.29, 0.717) is 22.9 Å². The first-order valence-corrected chi connectivity index (χ1v) is 10.3. The summed E-state index contributed by atoms with van der Waals surface area (Å²) in [4.78, 5) is 17.7. The van der Waals surface area contributed by atoms with E-state index in [1.807, 2.05) is 48.7 Å². The SMILES string of the molecule is Cc1nn(-c2ccccc2)c2nc(OCc3nccs3)c(-c3nc(N)cc(N)n3)cc12. The molecule has 0 unspecified atom stereocenters. The van der Waals surface area contributed by atoms with Crippen LogP contribution in [0.4, 0.5) is 11.6 Å². The maximum atomic E-state index is 6.06. The van der Waals surface area contributed by atoms with E-state index in [1.165, 1.54) is 17.4 Å². The molecule has 0 aliphatic heterocycles. The Balaban J connectivity index is 1.70. The van der Waals surface area contributed by atoms with Crippen molar-refractivity contribution in [3.63, 3.8) is 0 Å². The van der Waals surface area contributed by atoms with E-state index >= 15 is 0 Å². The number of anilines is 2. The summed E-state index contributed by atoms with van der Waals surface area (Å²) in [5.41, 5.74) is 14.8. The molecule has 0 atom stereocenters. The van der Waals surface area contributed by atoms with Crippen LogP contribution in [0.1, 0.15) is 10.7 Å². The van der Waals surface area contributed by atoms with Gasteiger partial charge in [0.25, 0.3) is 0 Å². The zero-order chi connectivity index (χ0) is 21.4. The molecule has 1 aromatic carbocycles. The number of thiazole rings is 1. The molecule has 31 heavy (non-hydrogen) atoms. The quantitative estimate of drug-likeness (QED) is 0.434. The molecule has 5 rings (SSSR count). The summed E-state index contributed by atoms with van der Waals surface area (Å²) in [5, 5.41) is 8.25. The number of aromatic nitrogens is 6. The van der Waals surface area contributed by atoms with E-state index in [1.54, 1.807) is 10.9 Å². The summed E-state index contributed by atoms with van der Waals surface area (Å²) in [6.07, 6.45) is 1.73. The van der Waals surface area contributed by atoms with Crippen molar-refractivity contribution in [3.8, 4) is 23.0 Å². The number of pyridine rings is 1. The largest absolute Gasteiger partial charge is 0.470 e. The summed E-state index contributed by atoms with van der Waals surface area (Å²) in [6.45, 7) is 2.19. The molecule has 0 aliphatic rings. The van der Waals surface area contributed by atoms with Crippen molar-refractivity contribution in [2.45, 2.75) is 13.5 Å². The van der Waals surface area contributed by atoms with Gasteiger partial charge < -0.3 is 16.2 Å². The number of benzene rings is 1. The maximum absolute atomic E-state index is 6.06. The first-order valence-electron chi connectivity index (χ1n) is 9.46.